The van der Waals surface area contributed by atoms with E-state index in [0.717, 1.165) is 5.56 Å². The maximum Gasteiger partial charge on any atom is 0.273 e. The number of amides is 1. The first-order valence-corrected chi connectivity index (χ1v) is 6.17. The van der Waals surface area contributed by atoms with Gasteiger partial charge in [0, 0.05) is 17.7 Å². The van der Waals surface area contributed by atoms with Crippen molar-refractivity contribution in [3.8, 4) is 17.1 Å². The minimum atomic E-state index is -0.385. The van der Waals surface area contributed by atoms with Crippen molar-refractivity contribution in [2.45, 2.75) is 13.0 Å². The Balaban J connectivity index is 2.17. The van der Waals surface area contributed by atoms with Gasteiger partial charge in [-0.15, -0.1) is 0 Å². The smallest absolute Gasteiger partial charge is 0.273 e. The minimum Gasteiger partial charge on any atom is -0.497 e. The number of hydrogen-bond donors (Lipinski definition) is 2. The number of aliphatic hydroxyl groups is 1. The molecule has 0 fully saturated rings. The number of hydrogen-bond acceptors (Lipinski definition) is 5. The molecule has 1 atom stereocenters. The number of nitrogens with zero attached hydrogens (tertiary/aromatic N) is 1. The van der Waals surface area contributed by atoms with E-state index in [1.54, 1.807) is 26.2 Å². The highest BCUT2D eigenvalue weighted by Crippen LogP contribution is 2.24. The van der Waals surface area contributed by atoms with E-state index in [1.165, 1.54) is 0 Å². The number of carbonyl (C=O) groups is 1. The van der Waals surface area contributed by atoms with Gasteiger partial charge in [-0.2, -0.15) is 0 Å². The summed E-state index contributed by atoms with van der Waals surface area (Å²) < 4.78 is 10.3. The molecule has 2 N–H and O–H groups in total. The van der Waals surface area contributed by atoms with E-state index in [-0.39, 0.29) is 24.2 Å². The molecule has 0 saturated carbocycles. The highest BCUT2D eigenvalue weighted by molar-refractivity contribution is 5.93. The van der Waals surface area contributed by atoms with Gasteiger partial charge in [0.2, 0.25) is 0 Å². The van der Waals surface area contributed by atoms with Crippen LogP contribution in [0.15, 0.2) is 34.9 Å². The van der Waals surface area contributed by atoms with E-state index in [4.69, 9.17) is 14.4 Å². The first-order valence-electron chi connectivity index (χ1n) is 6.17. The molecule has 2 aromatic rings. The number of aliphatic hydroxyl groups excluding tert-OH is 1. The summed E-state index contributed by atoms with van der Waals surface area (Å²) in [7, 11) is 1.58. The van der Waals surface area contributed by atoms with Crippen molar-refractivity contribution in [3.63, 3.8) is 0 Å². The van der Waals surface area contributed by atoms with Gasteiger partial charge in [0.15, 0.2) is 11.5 Å². The van der Waals surface area contributed by atoms with Gasteiger partial charge < -0.3 is 19.7 Å². The van der Waals surface area contributed by atoms with Crippen molar-refractivity contribution < 1.29 is 19.2 Å². The van der Waals surface area contributed by atoms with Crippen molar-refractivity contribution in [3.05, 3.63) is 36.0 Å². The molecule has 2 rings (SSSR count). The minimum absolute atomic E-state index is 0.133. The fraction of sp³-hybridized carbons (Fsp3) is 0.286. The third-order valence-corrected chi connectivity index (χ3v) is 2.75. The van der Waals surface area contributed by atoms with Crippen LogP contribution in [0.5, 0.6) is 5.75 Å². The van der Waals surface area contributed by atoms with Gasteiger partial charge >= 0.3 is 0 Å². The van der Waals surface area contributed by atoms with Gasteiger partial charge in [-0.05, 0) is 19.1 Å². The number of ether oxygens (including phenoxy) is 1. The zero-order valence-corrected chi connectivity index (χ0v) is 11.3. The van der Waals surface area contributed by atoms with Crippen LogP contribution in [0.25, 0.3) is 11.3 Å². The number of benzene rings is 1. The zero-order valence-electron chi connectivity index (χ0n) is 11.3. The number of carbonyl (C=O) groups excluding carboxylic acids is 1. The molecule has 20 heavy (non-hydrogen) atoms. The molecular formula is C14H16N2O4. The van der Waals surface area contributed by atoms with Gasteiger partial charge in [-0.25, -0.2) is 0 Å². The van der Waals surface area contributed by atoms with Gasteiger partial charge in [0.05, 0.1) is 13.7 Å². The molecule has 0 aliphatic rings. The molecule has 1 aromatic heterocycles. The van der Waals surface area contributed by atoms with E-state index >= 15 is 0 Å². The average Bonchev–Trinajstić information content (AvgIpc) is 2.97. The van der Waals surface area contributed by atoms with Crippen LogP contribution in [0.3, 0.4) is 0 Å². The highest BCUT2D eigenvalue weighted by atomic mass is 16.5. The summed E-state index contributed by atoms with van der Waals surface area (Å²) in [4.78, 5) is 11.8. The van der Waals surface area contributed by atoms with E-state index in [9.17, 15) is 4.79 Å². The number of methoxy groups -OCH3 is 1. The van der Waals surface area contributed by atoms with E-state index in [0.29, 0.717) is 11.5 Å². The molecule has 1 aromatic carbocycles. The second kappa shape index (κ2) is 6.21. The summed E-state index contributed by atoms with van der Waals surface area (Å²) in [5.41, 5.74) is 0.939. The maximum absolute atomic E-state index is 11.8. The van der Waals surface area contributed by atoms with Gasteiger partial charge in [-0.1, -0.05) is 17.3 Å². The van der Waals surface area contributed by atoms with Crippen LogP contribution in [0.2, 0.25) is 0 Å². The Morgan fingerprint density at radius 3 is 3.00 bits per heavy atom. The van der Waals surface area contributed by atoms with E-state index in [2.05, 4.69) is 10.5 Å². The Hall–Kier alpha value is -2.34. The van der Waals surface area contributed by atoms with Crippen LogP contribution in [0, 0.1) is 0 Å². The number of rotatable bonds is 5. The lowest BCUT2D eigenvalue weighted by Crippen LogP contribution is -2.35. The van der Waals surface area contributed by atoms with Gasteiger partial charge in [0.25, 0.3) is 5.91 Å². The fourth-order valence-corrected chi connectivity index (χ4v) is 1.64. The maximum atomic E-state index is 11.8. The van der Waals surface area contributed by atoms with Crippen LogP contribution in [0.4, 0.5) is 0 Å². The summed E-state index contributed by atoms with van der Waals surface area (Å²) in [6.45, 7) is 1.56. The van der Waals surface area contributed by atoms with Gasteiger partial charge in [-0.3, -0.25) is 4.79 Å². The van der Waals surface area contributed by atoms with E-state index in [1.807, 2.05) is 18.2 Å². The van der Waals surface area contributed by atoms with Crippen LogP contribution in [-0.4, -0.2) is 35.9 Å². The molecule has 6 nitrogen and oxygen atoms in total. The summed E-state index contributed by atoms with van der Waals surface area (Å²) in [6.07, 6.45) is 0. The Morgan fingerprint density at radius 1 is 1.50 bits per heavy atom. The molecule has 0 radical (unpaired) electrons. The quantitative estimate of drug-likeness (QED) is 0.863. The summed E-state index contributed by atoms with van der Waals surface area (Å²) >= 11 is 0. The third-order valence-electron chi connectivity index (χ3n) is 2.75. The first kappa shape index (κ1) is 14.1. The first-order chi connectivity index (χ1) is 9.63. The molecule has 0 aliphatic heterocycles. The molecule has 0 saturated heterocycles. The van der Waals surface area contributed by atoms with Crippen molar-refractivity contribution in [2.75, 3.05) is 13.7 Å². The highest BCUT2D eigenvalue weighted by Gasteiger charge is 2.15. The third kappa shape index (κ3) is 3.16. The lowest BCUT2D eigenvalue weighted by molar-refractivity contribution is 0.0913. The van der Waals surface area contributed by atoms with E-state index < -0.39 is 0 Å². The molecule has 106 valence electrons. The summed E-state index contributed by atoms with van der Waals surface area (Å²) in [6, 6.07) is 8.48. The largest absolute Gasteiger partial charge is 0.497 e. The van der Waals surface area contributed by atoms with Crippen molar-refractivity contribution >= 4 is 5.91 Å². The summed E-state index contributed by atoms with van der Waals surface area (Å²) in [5, 5.41) is 15.2. The Kier molecular flexibility index (Phi) is 4.37. The zero-order chi connectivity index (χ0) is 14.5. The SMILES string of the molecule is COc1cccc(-c2cc(C(=O)N[C@@H](C)CO)no2)c1. The molecule has 0 bridgehead atoms. The van der Waals surface area contributed by atoms with Crippen LogP contribution in [0.1, 0.15) is 17.4 Å². The molecule has 6 heteroatoms. The Morgan fingerprint density at radius 2 is 2.30 bits per heavy atom. The van der Waals surface area contributed by atoms with Crippen molar-refractivity contribution in [1.29, 1.82) is 0 Å². The van der Waals surface area contributed by atoms with Crippen LogP contribution in [-0.2, 0) is 0 Å². The Bertz CT molecular complexity index is 594. The topological polar surface area (TPSA) is 84.6 Å². The molecule has 0 spiro atoms. The van der Waals surface area contributed by atoms with Crippen LogP contribution >= 0.6 is 0 Å². The predicted octanol–water partition coefficient (Wildman–Crippen LogP) is 1.46. The second-order valence-electron chi connectivity index (χ2n) is 4.37. The lowest BCUT2D eigenvalue weighted by Gasteiger charge is -2.07. The second-order valence-corrected chi connectivity index (χ2v) is 4.37. The molecule has 0 aliphatic carbocycles. The molecule has 0 unspecified atom stereocenters. The molecule has 1 heterocycles. The number of nitrogens with one attached hydrogen (secondary N) is 1. The fourth-order valence-electron chi connectivity index (χ4n) is 1.64. The Labute approximate surface area is 116 Å². The lowest BCUT2D eigenvalue weighted by atomic mass is 10.1. The van der Waals surface area contributed by atoms with Crippen molar-refractivity contribution in [1.82, 2.24) is 10.5 Å². The monoisotopic (exact) mass is 276 g/mol. The standard InChI is InChI=1S/C14H16N2O4/c1-9(8-17)15-14(18)12-7-13(20-16-12)10-4-3-5-11(6-10)19-2/h3-7,9,17H,8H2,1-2H3,(H,15,18)/t9-/m0/s1. The normalized spacial score (nSPS) is 11.9. The summed E-state index contributed by atoms with van der Waals surface area (Å²) in [5.74, 6) is 0.786. The molecular weight excluding hydrogens is 260 g/mol. The molecule has 1 amide bonds. The van der Waals surface area contributed by atoms with Crippen LogP contribution < -0.4 is 10.1 Å². The van der Waals surface area contributed by atoms with Gasteiger partial charge in [0.1, 0.15) is 5.75 Å². The average molecular weight is 276 g/mol. The predicted molar refractivity (Wildman–Crippen MR) is 72.5 cm³/mol. The van der Waals surface area contributed by atoms with Crippen molar-refractivity contribution in [2.24, 2.45) is 0 Å². The number of aromatic nitrogens is 1.